The molecule has 21 heavy (non-hydrogen) atoms. The van der Waals surface area contributed by atoms with E-state index in [-0.39, 0.29) is 5.91 Å². The maximum atomic E-state index is 12.1. The molecule has 1 amide bonds. The fourth-order valence-electron chi connectivity index (χ4n) is 1.65. The van der Waals surface area contributed by atoms with Crippen LogP contribution in [0.5, 0.6) is 0 Å². The fraction of sp³-hybridized carbons (Fsp3) is 0.133. The summed E-state index contributed by atoms with van der Waals surface area (Å²) in [4.78, 5) is 28.4. The van der Waals surface area contributed by atoms with E-state index < -0.39 is 5.97 Å². The van der Waals surface area contributed by atoms with Crippen LogP contribution in [0, 0.1) is 0 Å². The summed E-state index contributed by atoms with van der Waals surface area (Å²) in [6.45, 7) is 2.04. The van der Waals surface area contributed by atoms with E-state index in [1.807, 2.05) is 13.0 Å². The minimum absolute atomic E-state index is 0.216. The highest BCUT2D eigenvalue weighted by Gasteiger charge is 2.09. The Balaban J connectivity index is 2.10. The number of nitrogens with zero attached hydrogens (tertiary/aromatic N) is 1. The molecule has 2 rings (SSSR count). The number of aliphatic carboxylic acids is 1. The van der Waals surface area contributed by atoms with Crippen molar-refractivity contribution in [3.63, 3.8) is 0 Å². The van der Waals surface area contributed by atoms with Crippen LogP contribution in [0.15, 0.2) is 36.5 Å². The second kappa shape index (κ2) is 6.81. The van der Waals surface area contributed by atoms with Crippen LogP contribution in [0.3, 0.4) is 0 Å². The van der Waals surface area contributed by atoms with Crippen molar-refractivity contribution < 1.29 is 14.7 Å². The van der Waals surface area contributed by atoms with Gasteiger partial charge in [0.25, 0.3) is 5.91 Å². The number of anilines is 1. The van der Waals surface area contributed by atoms with Gasteiger partial charge < -0.3 is 10.4 Å². The summed E-state index contributed by atoms with van der Waals surface area (Å²) in [5.41, 5.74) is 0.656. The molecule has 0 saturated heterocycles. The molecule has 0 saturated carbocycles. The van der Waals surface area contributed by atoms with Gasteiger partial charge in [-0.3, -0.25) is 4.79 Å². The third-order valence-electron chi connectivity index (χ3n) is 2.68. The van der Waals surface area contributed by atoms with Gasteiger partial charge in [0.15, 0.2) is 0 Å². The van der Waals surface area contributed by atoms with Crippen LogP contribution in [-0.4, -0.2) is 22.0 Å². The third-order valence-corrected chi connectivity index (χ3v) is 3.91. The SMILES string of the molecule is CCc1ccc(C(=O)Nc2cc(/C=C/C(=O)O)ccn2)s1. The van der Waals surface area contributed by atoms with Crippen LogP contribution < -0.4 is 5.32 Å². The lowest BCUT2D eigenvalue weighted by Gasteiger charge is -2.03. The number of pyridine rings is 1. The molecule has 0 aliphatic rings. The van der Waals surface area contributed by atoms with Gasteiger partial charge in [0.2, 0.25) is 0 Å². The van der Waals surface area contributed by atoms with E-state index in [1.165, 1.54) is 23.6 Å². The van der Waals surface area contributed by atoms with E-state index in [1.54, 1.807) is 18.2 Å². The molecule has 0 aliphatic carbocycles. The number of carboxylic acid groups (broad SMARTS) is 1. The number of thiophene rings is 1. The standard InChI is InChI=1S/C15H14N2O3S/c1-2-11-4-5-12(21-11)15(20)17-13-9-10(7-8-16-13)3-6-14(18)19/h3-9H,2H2,1H3,(H,18,19)(H,16,17,20)/b6-3+. The maximum Gasteiger partial charge on any atom is 0.328 e. The molecule has 2 N–H and O–H groups in total. The molecule has 0 atom stereocenters. The number of amides is 1. The van der Waals surface area contributed by atoms with Crippen LogP contribution in [0.4, 0.5) is 5.82 Å². The van der Waals surface area contributed by atoms with Crippen LogP contribution in [-0.2, 0) is 11.2 Å². The molecule has 5 nitrogen and oxygen atoms in total. The van der Waals surface area contributed by atoms with E-state index in [0.717, 1.165) is 17.4 Å². The van der Waals surface area contributed by atoms with Crippen molar-refractivity contribution in [3.8, 4) is 0 Å². The molecule has 0 bridgehead atoms. The lowest BCUT2D eigenvalue weighted by molar-refractivity contribution is -0.131. The van der Waals surface area contributed by atoms with Crippen molar-refractivity contribution in [2.45, 2.75) is 13.3 Å². The van der Waals surface area contributed by atoms with Gasteiger partial charge in [-0.2, -0.15) is 0 Å². The van der Waals surface area contributed by atoms with E-state index in [2.05, 4.69) is 10.3 Å². The number of nitrogens with one attached hydrogen (secondary N) is 1. The van der Waals surface area contributed by atoms with Gasteiger partial charge >= 0.3 is 5.97 Å². The van der Waals surface area contributed by atoms with Gasteiger partial charge in [-0.25, -0.2) is 9.78 Å². The van der Waals surface area contributed by atoms with Crippen molar-refractivity contribution in [3.05, 3.63) is 51.9 Å². The second-order valence-corrected chi connectivity index (χ2v) is 5.39. The summed E-state index contributed by atoms with van der Waals surface area (Å²) in [5.74, 6) is -0.853. The molecule has 2 heterocycles. The second-order valence-electron chi connectivity index (χ2n) is 4.22. The molecular formula is C15H14N2O3S. The van der Waals surface area contributed by atoms with Crippen LogP contribution >= 0.6 is 11.3 Å². The Morgan fingerprint density at radius 1 is 1.38 bits per heavy atom. The first-order valence-corrected chi connectivity index (χ1v) is 7.17. The zero-order chi connectivity index (χ0) is 15.2. The van der Waals surface area contributed by atoms with Crippen molar-refractivity contribution >= 4 is 35.1 Å². The van der Waals surface area contributed by atoms with Gasteiger partial charge in [-0.05, 0) is 42.3 Å². The summed E-state index contributed by atoms with van der Waals surface area (Å²) in [5, 5.41) is 11.3. The molecular weight excluding hydrogens is 288 g/mol. The van der Waals surface area contributed by atoms with Crippen molar-refractivity contribution in [1.29, 1.82) is 0 Å². The van der Waals surface area contributed by atoms with E-state index in [4.69, 9.17) is 5.11 Å². The molecule has 0 fully saturated rings. The first-order valence-electron chi connectivity index (χ1n) is 6.35. The molecule has 2 aromatic rings. The molecule has 108 valence electrons. The normalized spacial score (nSPS) is 10.7. The molecule has 0 spiro atoms. The Bertz CT molecular complexity index is 692. The quantitative estimate of drug-likeness (QED) is 0.832. The highest BCUT2D eigenvalue weighted by molar-refractivity contribution is 7.14. The monoisotopic (exact) mass is 302 g/mol. The molecule has 6 heteroatoms. The minimum atomic E-state index is -1.02. The molecule has 2 aromatic heterocycles. The Kier molecular flexibility index (Phi) is 4.84. The predicted molar refractivity (Wildman–Crippen MR) is 82.6 cm³/mol. The lowest BCUT2D eigenvalue weighted by atomic mass is 10.2. The van der Waals surface area contributed by atoms with Crippen LogP contribution in [0.2, 0.25) is 0 Å². The number of aryl methyl sites for hydroxylation is 1. The Hall–Kier alpha value is -2.47. The summed E-state index contributed by atoms with van der Waals surface area (Å²) in [6.07, 6.45) is 4.89. The average molecular weight is 302 g/mol. The fourth-order valence-corrected chi connectivity index (χ4v) is 2.50. The van der Waals surface area contributed by atoms with Gasteiger partial charge in [-0.1, -0.05) is 6.92 Å². The summed E-state index contributed by atoms with van der Waals surface area (Å²) in [7, 11) is 0. The zero-order valence-corrected chi connectivity index (χ0v) is 12.2. The number of rotatable bonds is 5. The van der Waals surface area contributed by atoms with E-state index in [0.29, 0.717) is 16.3 Å². The van der Waals surface area contributed by atoms with E-state index >= 15 is 0 Å². The Morgan fingerprint density at radius 2 is 2.19 bits per heavy atom. The number of hydrogen-bond acceptors (Lipinski definition) is 4. The number of carbonyl (C=O) groups excluding carboxylic acids is 1. The highest BCUT2D eigenvalue weighted by atomic mass is 32.1. The predicted octanol–water partition coefficient (Wildman–Crippen LogP) is 3.06. The van der Waals surface area contributed by atoms with Crippen molar-refractivity contribution in [2.24, 2.45) is 0 Å². The first kappa shape index (κ1) is 14.9. The maximum absolute atomic E-state index is 12.1. The topological polar surface area (TPSA) is 79.3 Å². The zero-order valence-electron chi connectivity index (χ0n) is 11.4. The first-order chi connectivity index (χ1) is 10.1. The Morgan fingerprint density at radius 3 is 2.86 bits per heavy atom. The van der Waals surface area contributed by atoms with Crippen LogP contribution in [0.1, 0.15) is 27.0 Å². The third kappa shape index (κ3) is 4.25. The van der Waals surface area contributed by atoms with Crippen molar-refractivity contribution in [1.82, 2.24) is 4.98 Å². The minimum Gasteiger partial charge on any atom is -0.478 e. The number of carboxylic acids is 1. The summed E-state index contributed by atoms with van der Waals surface area (Å²) < 4.78 is 0. The van der Waals surface area contributed by atoms with Gasteiger partial charge in [0.05, 0.1) is 4.88 Å². The summed E-state index contributed by atoms with van der Waals surface area (Å²) in [6, 6.07) is 6.99. The smallest absolute Gasteiger partial charge is 0.328 e. The number of carbonyl (C=O) groups is 2. The average Bonchev–Trinajstić information content (AvgIpc) is 2.94. The van der Waals surface area contributed by atoms with Crippen molar-refractivity contribution in [2.75, 3.05) is 5.32 Å². The van der Waals surface area contributed by atoms with E-state index in [9.17, 15) is 9.59 Å². The Labute approximate surface area is 126 Å². The largest absolute Gasteiger partial charge is 0.478 e. The number of hydrogen-bond donors (Lipinski definition) is 2. The number of aromatic nitrogens is 1. The summed E-state index contributed by atoms with van der Waals surface area (Å²) >= 11 is 1.45. The highest BCUT2D eigenvalue weighted by Crippen LogP contribution is 2.18. The molecule has 0 radical (unpaired) electrons. The molecule has 0 aliphatic heterocycles. The molecule has 0 aromatic carbocycles. The van der Waals surface area contributed by atoms with Gasteiger partial charge in [0, 0.05) is 17.2 Å². The van der Waals surface area contributed by atoms with Crippen LogP contribution in [0.25, 0.3) is 6.08 Å². The van der Waals surface area contributed by atoms with Gasteiger partial charge in [-0.15, -0.1) is 11.3 Å². The lowest BCUT2D eigenvalue weighted by Crippen LogP contribution is -2.11. The van der Waals surface area contributed by atoms with Gasteiger partial charge in [0.1, 0.15) is 5.82 Å². The molecule has 0 unspecified atom stereocenters.